The third-order valence-electron chi connectivity index (χ3n) is 5.49. The van der Waals surface area contributed by atoms with Crippen molar-refractivity contribution in [1.82, 2.24) is 4.90 Å². The van der Waals surface area contributed by atoms with Gasteiger partial charge in [-0.05, 0) is 54.3 Å². The molecule has 0 saturated heterocycles. The van der Waals surface area contributed by atoms with Gasteiger partial charge in [-0.1, -0.05) is 44.5 Å². The number of aliphatic hydroxyl groups excluding tert-OH is 1. The lowest BCUT2D eigenvalue weighted by atomic mass is 9.95. The van der Waals surface area contributed by atoms with Gasteiger partial charge in [-0.2, -0.15) is 0 Å². The molecular weight excluding hydrogens is 442 g/mol. The van der Waals surface area contributed by atoms with Gasteiger partial charge >= 0.3 is 0 Å². The monoisotopic (exact) mass is 467 g/mol. The summed E-state index contributed by atoms with van der Waals surface area (Å²) < 4.78 is 11.5. The summed E-state index contributed by atoms with van der Waals surface area (Å²) in [6, 6.07) is 13.2. The van der Waals surface area contributed by atoms with Crippen LogP contribution in [0.3, 0.4) is 0 Å². The number of rotatable bonds is 8. The molecule has 0 aliphatic carbocycles. The summed E-state index contributed by atoms with van der Waals surface area (Å²) in [5, 5.41) is 11.9. The van der Waals surface area contributed by atoms with Crippen molar-refractivity contribution in [2.45, 2.75) is 33.2 Å². The van der Waals surface area contributed by atoms with Gasteiger partial charge in [-0.25, -0.2) is 0 Å². The van der Waals surface area contributed by atoms with Gasteiger partial charge in [0.25, 0.3) is 5.91 Å². The summed E-state index contributed by atoms with van der Waals surface area (Å²) in [4.78, 5) is 27.9. The average Bonchev–Trinajstić information content (AvgIpc) is 3.32. The number of ether oxygens (including phenoxy) is 1. The molecule has 33 heavy (non-hydrogen) atoms. The fourth-order valence-corrected chi connectivity index (χ4v) is 4.15. The molecule has 1 N–H and O–H groups in total. The van der Waals surface area contributed by atoms with Crippen molar-refractivity contribution in [3.8, 4) is 5.75 Å². The van der Waals surface area contributed by atoms with Crippen molar-refractivity contribution in [3.05, 3.63) is 76.2 Å². The number of carbonyl (C=O) groups is 2. The molecule has 4 rings (SSSR count). The van der Waals surface area contributed by atoms with E-state index in [-0.39, 0.29) is 11.3 Å². The molecule has 1 unspecified atom stereocenters. The fourth-order valence-electron chi connectivity index (χ4n) is 3.97. The van der Waals surface area contributed by atoms with Crippen molar-refractivity contribution in [2.24, 2.45) is 5.92 Å². The quantitative estimate of drug-likeness (QED) is 0.404. The van der Waals surface area contributed by atoms with E-state index in [0.29, 0.717) is 52.8 Å². The van der Waals surface area contributed by atoms with E-state index in [4.69, 9.17) is 20.8 Å². The van der Waals surface area contributed by atoms with Gasteiger partial charge in [-0.15, -0.1) is 0 Å². The van der Waals surface area contributed by atoms with Crippen LogP contribution in [-0.2, 0) is 4.79 Å². The van der Waals surface area contributed by atoms with E-state index in [1.54, 1.807) is 24.3 Å². The van der Waals surface area contributed by atoms with E-state index in [1.165, 1.54) is 4.90 Å². The van der Waals surface area contributed by atoms with E-state index in [2.05, 4.69) is 13.8 Å². The lowest BCUT2D eigenvalue weighted by Crippen LogP contribution is -2.31. The van der Waals surface area contributed by atoms with Gasteiger partial charge in [0.2, 0.25) is 5.78 Å². The standard InChI is InChI=1S/C26H26ClNO5/c1-4-11-28-23(16-5-8-19(9-6-16)32-14-15(2)3)22(25(30)26(28)31)24(29)21-13-17-12-18(27)7-10-20(17)33-21/h5-10,12-13,15,23,30H,4,11,14H2,1-3H3. The Morgan fingerprint density at radius 1 is 1.18 bits per heavy atom. The molecule has 2 heterocycles. The van der Waals surface area contributed by atoms with Crippen LogP contribution in [-0.4, -0.2) is 34.8 Å². The maximum Gasteiger partial charge on any atom is 0.290 e. The Labute approximate surface area is 197 Å². The first kappa shape index (κ1) is 22.9. The number of ketones is 1. The lowest BCUT2D eigenvalue weighted by Gasteiger charge is -2.26. The molecule has 0 fully saturated rings. The molecule has 1 aliphatic rings. The number of aliphatic hydroxyl groups is 1. The fraction of sp³-hybridized carbons (Fsp3) is 0.308. The molecule has 1 aliphatic heterocycles. The molecule has 0 spiro atoms. The molecule has 7 heteroatoms. The largest absolute Gasteiger partial charge is 0.503 e. The molecule has 6 nitrogen and oxygen atoms in total. The van der Waals surface area contributed by atoms with Crippen LogP contribution in [0.25, 0.3) is 11.0 Å². The van der Waals surface area contributed by atoms with Gasteiger partial charge < -0.3 is 19.2 Å². The van der Waals surface area contributed by atoms with E-state index in [0.717, 1.165) is 0 Å². The number of Topliss-reactive ketones (excluding diaryl/α,β-unsaturated/α-hetero) is 1. The van der Waals surface area contributed by atoms with Crippen LogP contribution in [0, 0.1) is 5.92 Å². The first-order valence-corrected chi connectivity index (χ1v) is 11.4. The van der Waals surface area contributed by atoms with Gasteiger partial charge in [-0.3, -0.25) is 9.59 Å². The number of benzene rings is 2. The minimum atomic E-state index is -0.721. The Kier molecular flexibility index (Phi) is 6.47. The molecule has 172 valence electrons. The second-order valence-corrected chi connectivity index (χ2v) is 9.00. The van der Waals surface area contributed by atoms with Gasteiger partial charge in [0.1, 0.15) is 11.3 Å². The minimum absolute atomic E-state index is 0.00875. The van der Waals surface area contributed by atoms with Crippen molar-refractivity contribution in [2.75, 3.05) is 13.2 Å². The zero-order chi connectivity index (χ0) is 23.7. The molecule has 1 aromatic heterocycles. The predicted molar refractivity (Wildman–Crippen MR) is 127 cm³/mol. The van der Waals surface area contributed by atoms with Crippen LogP contribution in [0.15, 0.2) is 64.3 Å². The molecule has 2 aromatic carbocycles. The first-order valence-electron chi connectivity index (χ1n) is 11.0. The van der Waals surface area contributed by atoms with Crippen LogP contribution in [0.4, 0.5) is 0 Å². The molecule has 3 aromatic rings. The van der Waals surface area contributed by atoms with Gasteiger partial charge in [0, 0.05) is 17.0 Å². The first-order chi connectivity index (χ1) is 15.8. The van der Waals surface area contributed by atoms with E-state index in [9.17, 15) is 14.7 Å². The smallest absolute Gasteiger partial charge is 0.290 e. The Morgan fingerprint density at radius 2 is 1.91 bits per heavy atom. The highest BCUT2D eigenvalue weighted by Crippen LogP contribution is 2.40. The Bertz CT molecular complexity index is 1230. The van der Waals surface area contributed by atoms with Gasteiger partial charge in [0.05, 0.1) is 18.2 Å². The SMILES string of the molecule is CCCN1C(=O)C(O)=C(C(=O)c2cc3cc(Cl)ccc3o2)C1c1ccc(OCC(C)C)cc1. The number of nitrogens with zero attached hydrogens (tertiary/aromatic N) is 1. The van der Waals surface area contributed by atoms with Crippen LogP contribution in [0.5, 0.6) is 5.75 Å². The van der Waals surface area contributed by atoms with E-state index in [1.807, 2.05) is 31.2 Å². The van der Waals surface area contributed by atoms with Crippen LogP contribution in [0.1, 0.15) is 49.4 Å². The number of hydrogen-bond acceptors (Lipinski definition) is 5. The Morgan fingerprint density at radius 3 is 2.58 bits per heavy atom. The highest BCUT2D eigenvalue weighted by molar-refractivity contribution is 6.31. The Hall–Kier alpha value is -3.25. The zero-order valence-corrected chi connectivity index (χ0v) is 19.6. The number of amides is 1. The highest BCUT2D eigenvalue weighted by Gasteiger charge is 2.44. The normalized spacial score (nSPS) is 16.3. The molecule has 1 amide bonds. The number of furan rings is 1. The second-order valence-electron chi connectivity index (χ2n) is 8.56. The van der Waals surface area contributed by atoms with E-state index < -0.39 is 23.5 Å². The highest BCUT2D eigenvalue weighted by atomic mass is 35.5. The maximum absolute atomic E-state index is 13.5. The summed E-state index contributed by atoms with van der Waals surface area (Å²) >= 11 is 6.05. The van der Waals surface area contributed by atoms with Crippen LogP contribution >= 0.6 is 11.6 Å². The van der Waals surface area contributed by atoms with E-state index >= 15 is 0 Å². The maximum atomic E-state index is 13.5. The van der Waals surface area contributed by atoms with Crippen molar-refractivity contribution >= 4 is 34.3 Å². The van der Waals surface area contributed by atoms with Gasteiger partial charge in [0.15, 0.2) is 11.5 Å². The number of hydrogen-bond donors (Lipinski definition) is 1. The minimum Gasteiger partial charge on any atom is -0.503 e. The summed E-state index contributed by atoms with van der Waals surface area (Å²) in [6.07, 6.45) is 0.676. The van der Waals surface area contributed by atoms with Crippen LogP contribution < -0.4 is 4.74 Å². The predicted octanol–water partition coefficient (Wildman–Crippen LogP) is 6.11. The van der Waals surface area contributed by atoms with Crippen molar-refractivity contribution in [3.63, 3.8) is 0 Å². The molecule has 0 radical (unpaired) electrons. The summed E-state index contributed by atoms with van der Waals surface area (Å²) in [7, 11) is 0. The van der Waals surface area contributed by atoms with Crippen molar-refractivity contribution in [1.29, 1.82) is 0 Å². The summed E-state index contributed by atoms with van der Waals surface area (Å²) in [5.74, 6) is -0.505. The summed E-state index contributed by atoms with van der Waals surface area (Å²) in [5.41, 5.74) is 1.22. The Balaban J connectivity index is 1.72. The van der Waals surface area contributed by atoms with Crippen molar-refractivity contribution < 1.29 is 23.8 Å². The average molecular weight is 468 g/mol. The third kappa shape index (κ3) is 4.48. The zero-order valence-electron chi connectivity index (χ0n) is 18.8. The number of halogens is 1. The van der Waals surface area contributed by atoms with Crippen LogP contribution in [0.2, 0.25) is 5.02 Å². The number of fused-ring (bicyclic) bond motifs is 1. The second kappa shape index (κ2) is 9.32. The molecule has 0 saturated carbocycles. The number of carbonyl (C=O) groups excluding carboxylic acids is 2. The molecule has 0 bridgehead atoms. The third-order valence-corrected chi connectivity index (χ3v) is 5.73. The molecular formula is C26H26ClNO5. The molecule has 1 atom stereocenters. The summed E-state index contributed by atoms with van der Waals surface area (Å²) in [6.45, 7) is 7.06. The topological polar surface area (TPSA) is 80.0 Å². The lowest BCUT2D eigenvalue weighted by molar-refractivity contribution is -0.129.